The summed E-state index contributed by atoms with van der Waals surface area (Å²) in [7, 11) is 2.96. The van der Waals surface area contributed by atoms with E-state index in [9.17, 15) is 18.0 Å². The summed E-state index contributed by atoms with van der Waals surface area (Å²) in [4.78, 5) is 15.1. The fourth-order valence-electron chi connectivity index (χ4n) is 1.88. The van der Waals surface area contributed by atoms with Crippen molar-refractivity contribution in [3.05, 3.63) is 23.8 Å². The third-order valence-electron chi connectivity index (χ3n) is 2.96. The number of benzene rings is 1. The van der Waals surface area contributed by atoms with Gasteiger partial charge in [-0.05, 0) is 17.7 Å². The Balaban J connectivity index is 0.00000576. The lowest BCUT2D eigenvalue weighted by Crippen LogP contribution is -2.38. The lowest BCUT2D eigenvalue weighted by atomic mass is 10.2. The van der Waals surface area contributed by atoms with Crippen LogP contribution < -0.4 is 20.7 Å². The molecule has 0 aliphatic carbocycles. The number of hydrogen-bond acceptors (Lipinski definition) is 3. The second-order valence-electron chi connectivity index (χ2n) is 4.93. The molecule has 0 aliphatic rings. The number of nitrogens with one attached hydrogen (secondary N) is 3. The van der Waals surface area contributed by atoms with Gasteiger partial charge in [-0.3, -0.25) is 9.79 Å². The first-order chi connectivity index (χ1) is 11.2. The van der Waals surface area contributed by atoms with Gasteiger partial charge in [-0.15, -0.1) is 24.0 Å². The van der Waals surface area contributed by atoms with Gasteiger partial charge in [0, 0.05) is 27.1 Å². The number of alkyl halides is 3. The topological polar surface area (TPSA) is 74.8 Å². The molecule has 6 nitrogen and oxygen atoms in total. The first-order valence-corrected chi connectivity index (χ1v) is 7.21. The summed E-state index contributed by atoms with van der Waals surface area (Å²) in [5.74, 6) is 0.542. The molecule has 0 fully saturated rings. The number of aliphatic imine (C=N–C) groups is 1. The Hall–Kier alpha value is -1.72. The highest BCUT2D eigenvalue weighted by Crippen LogP contribution is 2.25. The Bertz CT molecular complexity index is 595. The molecule has 1 aromatic carbocycles. The molecule has 25 heavy (non-hydrogen) atoms. The molecule has 142 valence electrons. The molecule has 10 heteroatoms. The number of guanidine groups is 1. The fraction of sp³-hybridized carbons (Fsp3) is 0.467. The highest BCUT2D eigenvalue weighted by atomic mass is 127. The largest absolute Gasteiger partial charge is 0.495 e. The van der Waals surface area contributed by atoms with E-state index in [-0.39, 0.29) is 42.4 Å². The maximum absolute atomic E-state index is 12.1. The van der Waals surface area contributed by atoms with Gasteiger partial charge in [0.05, 0.1) is 19.2 Å². The molecule has 0 bridgehead atoms. The molecule has 3 N–H and O–H groups in total. The molecule has 0 aliphatic heterocycles. The van der Waals surface area contributed by atoms with Crippen LogP contribution in [0.25, 0.3) is 0 Å². The quantitative estimate of drug-likeness (QED) is 0.337. The minimum absolute atomic E-state index is 0. The smallest absolute Gasteiger partial charge is 0.390 e. The third-order valence-corrected chi connectivity index (χ3v) is 2.96. The van der Waals surface area contributed by atoms with Gasteiger partial charge >= 0.3 is 6.18 Å². The van der Waals surface area contributed by atoms with Gasteiger partial charge in [-0.25, -0.2) is 0 Å². The molecule has 0 unspecified atom stereocenters. The molecule has 1 aromatic rings. The molecule has 1 rings (SSSR count). The van der Waals surface area contributed by atoms with Crippen LogP contribution in [0.3, 0.4) is 0 Å². The van der Waals surface area contributed by atoms with E-state index >= 15 is 0 Å². The van der Waals surface area contributed by atoms with Gasteiger partial charge in [0.25, 0.3) is 0 Å². The minimum Gasteiger partial charge on any atom is -0.495 e. The summed E-state index contributed by atoms with van der Waals surface area (Å²) in [6.45, 7) is 1.45. The van der Waals surface area contributed by atoms with E-state index < -0.39 is 12.6 Å². The van der Waals surface area contributed by atoms with Crippen molar-refractivity contribution in [2.75, 3.05) is 26.0 Å². The third kappa shape index (κ3) is 9.37. The molecule has 0 aromatic heterocycles. The first kappa shape index (κ1) is 23.3. The number of rotatable bonds is 6. The molecular weight excluding hydrogens is 452 g/mol. The number of halogens is 4. The number of hydrogen-bond donors (Lipinski definition) is 3. The van der Waals surface area contributed by atoms with Crippen LogP contribution in [0.2, 0.25) is 0 Å². The lowest BCUT2D eigenvalue weighted by Gasteiger charge is -2.14. The average molecular weight is 474 g/mol. The minimum atomic E-state index is -4.21. The van der Waals surface area contributed by atoms with Gasteiger partial charge in [-0.1, -0.05) is 6.07 Å². The summed E-state index contributed by atoms with van der Waals surface area (Å²) >= 11 is 0. The summed E-state index contributed by atoms with van der Waals surface area (Å²) in [6.07, 6.45) is -5.15. The normalized spacial score (nSPS) is 11.4. The predicted molar refractivity (Wildman–Crippen MR) is 102 cm³/mol. The second kappa shape index (κ2) is 11.0. The molecule has 0 saturated heterocycles. The Labute approximate surface area is 161 Å². The van der Waals surface area contributed by atoms with Crippen LogP contribution in [0.15, 0.2) is 23.2 Å². The highest BCUT2D eigenvalue weighted by Gasteiger charge is 2.26. The van der Waals surface area contributed by atoms with Crippen molar-refractivity contribution in [1.29, 1.82) is 0 Å². The SMILES string of the molecule is CN=C(NCCC(F)(F)F)NCc1ccc(OC)c(NC(C)=O)c1.I. The number of nitrogens with zero attached hydrogens (tertiary/aromatic N) is 1. The Morgan fingerprint density at radius 1 is 1.28 bits per heavy atom. The molecule has 0 atom stereocenters. The first-order valence-electron chi connectivity index (χ1n) is 7.21. The Morgan fingerprint density at radius 3 is 2.48 bits per heavy atom. The summed E-state index contributed by atoms with van der Waals surface area (Å²) in [5, 5.41) is 8.15. The molecule has 1 amide bonds. The number of ether oxygens (including phenoxy) is 1. The zero-order valence-electron chi connectivity index (χ0n) is 14.2. The maximum Gasteiger partial charge on any atom is 0.390 e. The Kier molecular flexibility index (Phi) is 10.2. The highest BCUT2D eigenvalue weighted by molar-refractivity contribution is 14.0. The van der Waals surface area contributed by atoms with Crippen molar-refractivity contribution >= 4 is 41.5 Å². The maximum atomic E-state index is 12.1. The summed E-state index contributed by atoms with van der Waals surface area (Å²) in [5.41, 5.74) is 1.32. The van der Waals surface area contributed by atoms with Crippen LogP contribution in [0.5, 0.6) is 5.75 Å². The van der Waals surface area contributed by atoms with Crippen molar-refractivity contribution in [3.8, 4) is 5.75 Å². The van der Waals surface area contributed by atoms with Crippen molar-refractivity contribution < 1.29 is 22.7 Å². The van der Waals surface area contributed by atoms with Crippen molar-refractivity contribution in [1.82, 2.24) is 10.6 Å². The average Bonchev–Trinajstić information content (AvgIpc) is 2.49. The van der Waals surface area contributed by atoms with E-state index in [1.165, 1.54) is 21.1 Å². The molecule has 0 heterocycles. The molecular formula is C15H22F3IN4O2. The molecule has 0 spiro atoms. The molecule has 0 radical (unpaired) electrons. The molecule has 0 saturated carbocycles. The van der Waals surface area contributed by atoms with E-state index in [2.05, 4.69) is 20.9 Å². The summed E-state index contributed by atoms with van der Waals surface area (Å²) in [6, 6.07) is 5.19. The van der Waals surface area contributed by atoms with E-state index in [0.717, 1.165) is 5.56 Å². The van der Waals surface area contributed by atoms with E-state index in [1.807, 2.05) is 0 Å². The van der Waals surface area contributed by atoms with Crippen molar-refractivity contribution in [2.45, 2.75) is 26.1 Å². The van der Waals surface area contributed by atoms with Crippen LogP contribution >= 0.6 is 24.0 Å². The van der Waals surface area contributed by atoms with Crippen molar-refractivity contribution in [3.63, 3.8) is 0 Å². The van der Waals surface area contributed by atoms with E-state index in [4.69, 9.17) is 4.74 Å². The van der Waals surface area contributed by atoms with Gasteiger partial charge < -0.3 is 20.7 Å². The number of amides is 1. The van der Waals surface area contributed by atoms with Crippen LogP contribution in [0.1, 0.15) is 18.9 Å². The predicted octanol–water partition coefficient (Wildman–Crippen LogP) is 2.89. The number of carbonyl (C=O) groups excluding carboxylic acids is 1. The fourth-order valence-corrected chi connectivity index (χ4v) is 1.88. The van der Waals surface area contributed by atoms with E-state index in [0.29, 0.717) is 18.0 Å². The van der Waals surface area contributed by atoms with E-state index in [1.54, 1.807) is 18.2 Å². The second-order valence-corrected chi connectivity index (χ2v) is 4.93. The number of anilines is 1. The van der Waals surface area contributed by atoms with Crippen LogP contribution in [0.4, 0.5) is 18.9 Å². The monoisotopic (exact) mass is 474 g/mol. The van der Waals surface area contributed by atoms with Gasteiger partial charge in [-0.2, -0.15) is 13.2 Å². The van der Waals surface area contributed by atoms with Gasteiger partial charge in [0.2, 0.25) is 5.91 Å². The van der Waals surface area contributed by atoms with Crippen molar-refractivity contribution in [2.24, 2.45) is 4.99 Å². The van der Waals surface area contributed by atoms with Gasteiger partial charge in [0.1, 0.15) is 5.75 Å². The summed E-state index contributed by atoms with van der Waals surface area (Å²) < 4.78 is 41.6. The van der Waals surface area contributed by atoms with Gasteiger partial charge in [0.15, 0.2) is 5.96 Å². The Morgan fingerprint density at radius 2 is 1.96 bits per heavy atom. The van der Waals surface area contributed by atoms with Crippen LogP contribution in [0, 0.1) is 0 Å². The lowest BCUT2D eigenvalue weighted by molar-refractivity contribution is -0.132. The van der Waals surface area contributed by atoms with Crippen LogP contribution in [-0.2, 0) is 11.3 Å². The standard InChI is InChI=1S/C15H21F3N4O2.HI/c1-10(23)22-12-8-11(4-5-13(12)24-3)9-21-14(19-2)20-7-6-15(16,17)18;/h4-5,8H,6-7,9H2,1-3H3,(H,22,23)(H2,19,20,21);1H. The number of methoxy groups -OCH3 is 1. The number of carbonyl (C=O) groups is 1. The zero-order valence-corrected chi connectivity index (χ0v) is 16.5. The zero-order chi connectivity index (χ0) is 18.2. The van der Waals surface area contributed by atoms with Crippen LogP contribution in [-0.4, -0.2) is 38.7 Å².